The smallest absolute Gasteiger partial charge is 0.319 e. The van der Waals surface area contributed by atoms with Gasteiger partial charge in [0, 0.05) is 19.5 Å². The molecule has 0 saturated heterocycles. The van der Waals surface area contributed by atoms with Gasteiger partial charge >= 0.3 is 6.03 Å². The minimum absolute atomic E-state index is 0.294. The molecule has 1 unspecified atom stereocenters. The van der Waals surface area contributed by atoms with Gasteiger partial charge in [-0.2, -0.15) is 0 Å². The zero-order valence-electron chi connectivity index (χ0n) is 15.5. The van der Waals surface area contributed by atoms with Crippen LogP contribution in [0.15, 0.2) is 54.6 Å². The van der Waals surface area contributed by atoms with Gasteiger partial charge in [0.25, 0.3) is 11.8 Å². The number of nitrogens with zero attached hydrogens (tertiary/aromatic N) is 2. The molecule has 4 amide bonds. The number of imide groups is 1. The highest BCUT2D eigenvalue weighted by atomic mass is 16.2. The average molecular weight is 365 g/mol. The van der Waals surface area contributed by atoms with Crippen LogP contribution in [-0.2, 0) is 6.42 Å². The summed E-state index contributed by atoms with van der Waals surface area (Å²) in [6.07, 6.45) is -0.410. The van der Waals surface area contributed by atoms with Gasteiger partial charge in [0.1, 0.15) is 6.17 Å². The van der Waals surface area contributed by atoms with Crippen LogP contribution in [0.1, 0.15) is 40.1 Å². The van der Waals surface area contributed by atoms with Crippen molar-refractivity contribution in [1.29, 1.82) is 0 Å². The van der Waals surface area contributed by atoms with E-state index in [1.54, 1.807) is 29.2 Å². The van der Waals surface area contributed by atoms with Crippen LogP contribution < -0.4 is 5.32 Å². The number of benzene rings is 2. The molecule has 0 radical (unpaired) electrons. The SMILES string of the molecule is CCN(CC)C(=O)NC(Cc1ccccc1)N1C(=O)c2ccccc2C1=O. The van der Waals surface area contributed by atoms with E-state index in [2.05, 4.69) is 5.32 Å². The zero-order valence-corrected chi connectivity index (χ0v) is 15.5. The highest BCUT2D eigenvalue weighted by Crippen LogP contribution is 2.25. The molecular formula is C21H23N3O3. The van der Waals surface area contributed by atoms with Crippen LogP contribution in [0, 0.1) is 0 Å². The van der Waals surface area contributed by atoms with Gasteiger partial charge in [-0.25, -0.2) is 4.79 Å². The summed E-state index contributed by atoms with van der Waals surface area (Å²) in [5, 5.41) is 2.88. The highest BCUT2D eigenvalue weighted by Gasteiger charge is 2.40. The van der Waals surface area contributed by atoms with E-state index < -0.39 is 6.17 Å². The molecule has 1 aliphatic heterocycles. The molecule has 1 atom stereocenters. The van der Waals surface area contributed by atoms with Crippen molar-refractivity contribution < 1.29 is 14.4 Å². The minimum atomic E-state index is -0.757. The van der Waals surface area contributed by atoms with E-state index in [4.69, 9.17) is 0 Å². The summed E-state index contributed by atoms with van der Waals surface area (Å²) >= 11 is 0. The van der Waals surface area contributed by atoms with E-state index in [-0.39, 0.29) is 17.8 Å². The molecule has 0 aliphatic carbocycles. The van der Waals surface area contributed by atoms with E-state index in [9.17, 15) is 14.4 Å². The number of carbonyl (C=O) groups is 3. The summed E-state index contributed by atoms with van der Waals surface area (Å²) in [5.74, 6) is -0.757. The minimum Gasteiger partial charge on any atom is -0.325 e. The summed E-state index contributed by atoms with van der Waals surface area (Å²) in [5.41, 5.74) is 1.68. The van der Waals surface area contributed by atoms with Gasteiger partial charge in [-0.15, -0.1) is 0 Å². The van der Waals surface area contributed by atoms with E-state index in [1.165, 1.54) is 4.90 Å². The number of carbonyl (C=O) groups excluding carboxylic acids is 3. The first-order chi connectivity index (χ1) is 13.1. The molecule has 0 fully saturated rings. The highest BCUT2D eigenvalue weighted by molar-refractivity contribution is 6.21. The van der Waals surface area contributed by atoms with Crippen molar-refractivity contribution in [2.24, 2.45) is 0 Å². The zero-order chi connectivity index (χ0) is 19.4. The largest absolute Gasteiger partial charge is 0.325 e. The number of hydrogen-bond acceptors (Lipinski definition) is 3. The van der Waals surface area contributed by atoms with Crippen LogP contribution >= 0.6 is 0 Å². The Labute approximate surface area is 158 Å². The molecule has 3 rings (SSSR count). The second-order valence-electron chi connectivity index (χ2n) is 6.35. The predicted molar refractivity (Wildman–Crippen MR) is 102 cm³/mol. The van der Waals surface area contributed by atoms with Crippen molar-refractivity contribution in [3.63, 3.8) is 0 Å². The van der Waals surface area contributed by atoms with Crippen molar-refractivity contribution in [1.82, 2.24) is 15.1 Å². The fourth-order valence-electron chi connectivity index (χ4n) is 3.28. The lowest BCUT2D eigenvalue weighted by Crippen LogP contribution is -2.55. The first-order valence-corrected chi connectivity index (χ1v) is 9.13. The first kappa shape index (κ1) is 18.6. The summed E-state index contributed by atoms with van der Waals surface area (Å²) in [6, 6.07) is 15.9. The summed E-state index contributed by atoms with van der Waals surface area (Å²) in [4.78, 5) is 41.1. The summed E-state index contributed by atoms with van der Waals surface area (Å²) < 4.78 is 0. The standard InChI is InChI=1S/C21H23N3O3/c1-3-23(4-2)21(27)22-18(14-15-10-6-5-7-11-15)24-19(25)16-12-8-9-13-17(16)20(24)26/h5-13,18H,3-4,14H2,1-2H3,(H,22,27). The van der Waals surface area contributed by atoms with Crippen molar-refractivity contribution in [3.05, 3.63) is 71.3 Å². The second-order valence-corrected chi connectivity index (χ2v) is 6.35. The van der Waals surface area contributed by atoms with Crippen LogP contribution in [0.2, 0.25) is 0 Å². The number of rotatable bonds is 6. The van der Waals surface area contributed by atoms with Gasteiger partial charge in [-0.05, 0) is 31.5 Å². The van der Waals surface area contributed by atoms with Gasteiger partial charge in [-0.3, -0.25) is 14.5 Å². The number of urea groups is 1. The molecule has 0 spiro atoms. The molecule has 2 aromatic carbocycles. The molecule has 1 heterocycles. The van der Waals surface area contributed by atoms with E-state index in [1.807, 2.05) is 44.2 Å². The molecule has 0 aromatic heterocycles. The molecule has 0 bridgehead atoms. The lowest BCUT2D eigenvalue weighted by Gasteiger charge is -2.30. The van der Waals surface area contributed by atoms with Crippen LogP contribution in [0.3, 0.4) is 0 Å². The van der Waals surface area contributed by atoms with Crippen LogP contribution in [-0.4, -0.2) is 46.9 Å². The third-order valence-corrected chi connectivity index (χ3v) is 4.75. The normalized spacial score (nSPS) is 14.1. The number of hydrogen-bond donors (Lipinski definition) is 1. The molecule has 27 heavy (non-hydrogen) atoms. The van der Waals surface area contributed by atoms with E-state index in [0.29, 0.717) is 30.6 Å². The van der Waals surface area contributed by atoms with Crippen molar-refractivity contribution in [2.75, 3.05) is 13.1 Å². The van der Waals surface area contributed by atoms with Crippen molar-refractivity contribution in [2.45, 2.75) is 26.4 Å². The molecule has 6 heteroatoms. The van der Waals surface area contributed by atoms with Crippen LogP contribution in [0.25, 0.3) is 0 Å². The van der Waals surface area contributed by atoms with Gasteiger partial charge in [-0.1, -0.05) is 42.5 Å². The first-order valence-electron chi connectivity index (χ1n) is 9.13. The average Bonchev–Trinajstić information content (AvgIpc) is 2.94. The number of fused-ring (bicyclic) bond motifs is 1. The van der Waals surface area contributed by atoms with Gasteiger partial charge in [0.15, 0.2) is 0 Å². The molecular weight excluding hydrogens is 342 g/mol. The van der Waals surface area contributed by atoms with Crippen LogP contribution in [0.4, 0.5) is 4.79 Å². The topological polar surface area (TPSA) is 69.7 Å². The molecule has 1 N–H and O–H groups in total. The molecule has 2 aromatic rings. The fraction of sp³-hybridized carbons (Fsp3) is 0.286. The van der Waals surface area contributed by atoms with Crippen LogP contribution in [0.5, 0.6) is 0 Å². The quantitative estimate of drug-likeness (QED) is 0.800. The Kier molecular flexibility index (Phi) is 5.54. The Morgan fingerprint density at radius 2 is 1.44 bits per heavy atom. The molecule has 140 valence electrons. The van der Waals surface area contributed by atoms with E-state index >= 15 is 0 Å². The number of nitrogens with one attached hydrogen (secondary N) is 1. The maximum absolute atomic E-state index is 12.9. The van der Waals surface area contributed by atoms with Crippen molar-refractivity contribution in [3.8, 4) is 0 Å². The van der Waals surface area contributed by atoms with E-state index in [0.717, 1.165) is 5.56 Å². The summed E-state index contributed by atoms with van der Waals surface area (Å²) in [6.45, 7) is 4.86. The Morgan fingerprint density at radius 3 is 1.96 bits per heavy atom. The molecule has 1 aliphatic rings. The second kappa shape index (κ2) is 8.03. The lowest BCUT2D eigenvalue weighted by atomic mass is 10.1. The molecule has 0 saturated carbocycles. The Balaban J connectivity index is 1.91. The molecule has 6 nitrogen and oxygen atoms in total. The third kappa shape index (κ3) is 3.69. The predicted octanol–water partition coefficient (Wildman–Crippen LogP) is 2.90. The van der Waals surface area contributed by atoms with Gasteiger partial charge < -0.3 is 10.2 Å². The Morgan fingerprint density at radius 1 is 0.926 bits per heavy atom. The maximum atomic E-state index is 12.9. The third-order valence-electron chi connectivity index (χ3n) is 4.75. The van der Waals surface area contributed by atoms with Gasteiger partial charge in [0.05, 0.1) is 11.1 Å². The van der Waals surface area contributed by atoms with Crippen molar-refractivity contribution >= 4 is 17.8 Å². The lowest BCUT2D eigenvalue weighted by molar-refractivity contribution is 0.0558. The maximum Gasteiger partial charge on any atom is 0.319 e. The Bertz CT molecular complexity index is 812. The Hall–Kier alpha value is -3.15. The number of amides is 4. The monoisotopic (exact) mass is 365 g/mol. The van der Waals surface area contributed by atoms with Gasteiger partial charge in [0.2, 0.25) is 0 Å². The summed E-state index contributed by atoms with van der Waals surface area (Å²) in [7, 11) is 0. The fourth-order valence-corrected chi connectivity index (χ4v) is 3.28.